The maximum absolute atomic E-state index is 12.6. The third-order valence-corrected chi connectivity index (χ3v) is 5.64. The van der Waals surface area contributed by atoms with Gasteiger partial charge in [-0.3, -0.25) is 10.1 Å². The molecule has 0 saturated carbocycles. The van der Waals surface area contributed by atoms with Gasteiger partial charge in [-0.2, -0.15) is 0 Å². The van der Waals surface area contributed by atoms with E-state index in [1.807, 2.05) is 43.3 Å². The molecule has 0 bridgehead atoms. The van der Waals surface area contributed by atoms with Gasteiger partial charge in [0.05, 0.1) is 22.8 Å². The first kappa shape index (κ1) is 19.4. The van der Waals surface area contributed by atoms with E-state index in [1.54, 1.807) is 18.5 Å². The molecule has 0 fully saturated rings. The predicted molar refractivity (Wildman–Crippen MR) is 116 cm³/mol. The first-order valence-corrected chi connectivity index (χ1v) is 10.3. The third-order valence-electron chi connectivity index (χ3n) is 4.31. The first-order chi connectivity index (χ1) is 14.1. The van der Waals surface area contributed by atoms with Crippen LogP contribution in [0, 0.1) is 0 Å². The standard InChI is InChI=1S/C21H18ClN5OS/c1-14(19(28)26-20-23-10-5-11-24-20)29-21-25-17-12-16(22)8-9-18(17)27(21)13-15-6-3-2-4-7-15/h2-12,14H,13H2,1H3,(H,23,24,26,28)/t14-/m1/s1. The molecule has 0 aliphatic rings. The Kier molecular flexibility index (Phi) is 5.78. The molecule has 2 heterocycles. The Hall–Kier alpha value is -2.90. The number of nitrogens with zero attached hydrogens (tertiary/aromatic N) is 4. The van der Waals surface area contributed by atoms with Crippen molar-refractivity contribution in [3.8, 4) is 0 Å². The molecule has 0 aliphatic carbocycles. The first-order valence-electron chi connectivity index (χ1n) is 9.04. The lowest BCUT2D eigenvalue weighted by Crippen LogP contribution is -2.24. The molecule has 1 amide bonds. The fraction of sp³-hybridized carbons (Fsp3) is 0.143. The molecule has 0 spiro atoms. The van der Waals surface area contributed by atoms with Crippen molar-refractivity contribution in [2.24, 2.45) is 0 Å². The maximum atomic E-state index is 12.6. The van der Waals surface area contributed by atoms with Gasteiger partial charge in [0.25, 0.3) is 0 Å². The number of hydrogen-bond acceptors (Lipinski definition) is 5. The number of hydrogen-bond donors (Lipinski definition) is 1. The Bertz CT molecular complexity index is 1130. The lowest BCUT2D eigenvalue weighted by molar-refractivity contribution is -0.115. The lowest BCUT2D eigenvalue weighted by atomic mass is 10.2. The molecule has 1 N–H and O–H groups in total. The number of carbonyl (C=O) groups is 1. The second-order valence-electron chi connectivity index (χ2n) is 6.42. The molecule has 0 unspecified atom stereocenters. The number of benzene rings is 2. The van der Waals surface area contributed by atoms with Gasteiger partial charge < -0.3 is 4.57 Å². The number of rotatable bonds is 6. The van der Waals surface area contributed by atoms with Crippen LogP contribution in [0.15, 0.2) is 72.1 Å². The molecule has 2 aromatic carbocycles. The average molecular weight is 424 g/mol. The van der Waals surface area contributed by atoms with Gasteiger partial charge in [0.15, 0.2) is 5.16 Å². The van der Waals surface area contributed by atoms with Crippen LogP contribution >= 0.6 is 23.4 Å². The minimum absolute atomic E-state index is 0.183. The van der Waals surface area contributed by atoms with E-state index in [1.165, 1.54) is 11.8 Å². The van der Waals surface area contributed by atoms with E-state index in [0.717, 1.165) is 21.8 Å². The van der Waals surface area contributed by atoms with Crippen LogP contribution in [0.25, 0.3) is 11.0 Å². The van der Waals surface area contributed by atoms with E-state index in [0.29, 0.717) is 11.6 Å². The molecular formula is C21H18ClN5OS. The largest absolute Gasteiger partial charge is 0.314 e. The topological polar surface area (TPSA) is 72.7 Å². The Morgan fingerprint density at radius 2 is 1.90 bits per heavy atom. The van der Waals surface area contributed by atoms with Crippen molar-refractivity contribution in [3.63, 3.8) is 0 Å². The number of aromatic nitrogens is 4. The lowest BCUT2D eigenvalue weighted by Gasteiger charge is -2.13. The second kappa shape index (κ2) is 8.63. The van der Waals surface area contributed by atoms with Gasteiger partial charge in [0.1, 0.15) is 0 Å². The number of carbonyl (C=O) groups excluding carboxylic acids is 1. The molecular weight excluding hydrogens is 406 g/mol. The molecule has 4 aromatic rings. The summed E-state index contributed by atoms with van der Waals surface area (Å²) >= 11 is 7.54. The van der Waals surface area contributed by atoms with E-state index in [9.17, 15) is 4.79 Å². The monoisotopic (exact) mass is 423 g/mol. The summed E-state index contributed by atoms with van der Waals surface area (Å²) in [4.78, 5) is 25.4. The van der Waals surface area contributed by atoms with Gasteiger partial charge in [0, 0.05) is 17.4 Å². The fourth-order valence-electron chi connectivity index (χ4n) is 2.88. The predicted octanol–water partition coefficient (Wildman–Crippen LogP) is 4.65. The van der Waals surface area contributed by atoms with Crippen molar-refractivity contribution in [1.82, 2.24) is 19.5 Å². The zero-order valence-electron chi connectivity index (χ0n) is 15.6. The summed E-state index contributed by atoms with van der Waals surface area (Å²) in [5, 5.41) is 3.73. The number of amides is 1. The van der Waals surface area contributed by atoms with Crippen LogP contribution in [0.2, 0.25) is 5.02 Å². The highest BCUT2D eigenvalue weighted by atomic mass is 35.5. The van der Waals surface area contributed by atoms with Crippen molar-refractivity contribution in [3.05, 3.63) is 77.6 Å². The quantitative estimate of drug-likeness (QED) is 0.457. The number of halogens is 1. The highest BCUT2D eigenvalue weighted by molar-refractivity contribution is 8.00. The molecule has 8 heteroatoms. The van der Waals surface area contributed by atoms with Crippen molar-refractivity contribution in [2.75, 3.05) is 5.32 Å². The van der Waals surface area contributed by atoms with E-state index in [-0.39, 0.29) is 17.1 Å². The van der Waals surface area contributed by atoms with Crippen LogP contribution in [-0.4, -0.2) is 30.7 Å². The summed E-state index contributed by atoms with van der Waals surface area (Å²) in [5.74, 6) is 0.104. The number of imidazole rings is 1. The third kappa shape index (κ3) is 4.58. The van der Waals surface area contributed by atoms with Gasteiger partial charge in [0.2, 0.25) is 11.9 Å². The fourth-order valence-corrected chi connectivity index (χ4v) is 3.97. The second-order valence-corrected chi connectivity index (χ2v) is 8.17. The van der Waals surface area contributed by atoms with Crippen LogP contribution < -0.4 is 5.32 Å². The summed E-state index contributed by atoms with van der Waals surface area (Å²) < 4.78 is 2.11. The molecule has 4 rings (SSSR count). The summed E-state index contributed by atoms with van der Waals surface area (Å²) in [6.07, 6.45) is 3.17. The molecule has 29 heavy (non-hydrogen) atoms. The number of thioether (sulfide) groups is 1. The maximum Gasteiger partial charge on any atom is 0.240 e. The van der Waals surface area contributed by atoms with Crippen LogP contribution in [0.5, 0.6) is 0 Å². The van der Waals surface area contributed by atoms with Gasteiger partial charge >= 0.3 is 0 Å². The molecule has 1 atom stereocenters. The molecule has 6 nitrogen and oxygen atoms in total. The minimum atomic E-state index is -0.388. The van der Waals surface area contributed by atoms with Crippen LogP contribution in [0.3, 0.4) is 0 Å². The summed E-state index contributed by atoms with van der Waals surface area (Å²) in [5.41, 5.74) is 2.92. The van der Waals surface area contributed by atoms with Crippen molar-refractivity contribution in [1.29, 1.82) is 0 Å². The van der Waals surface area contributed by atoms with Crippen molar-refractivity contribution < 1.29 is 4.79 Å². The van der Waals surface area contributed by atoms with E-state index in [2.05, 4.69) is 32.0 Å². The zero-order valence-corrected chi connectivity index (χ0v) is 17.2. The molecule has 0 aliphatic heterocycles. The van der Waals surface area contributed by atoms with E-state index >= 15 is 0 Å². The Balaban J connectivity index is 1.61. The van der Waals surface area contributed by atoms with E-state index in [4.69, 9.17) is 16.6 Å². The van der Waals surface area contributed by atoms with Crippen molar-refractivity contribution >= 4 is 46.3 Å². The van der Waals surface area contributed by atoms with Gasteiger partial charge in [-0.1, -0.05) is 53.7 Å². The SMILES string of the molecule is C[C@@H](Sc1nc2cc(Cl)ccc2n1Cc1ccccc1)C(=O)Nc1ncccn1. The normalized spacial score (nSPS) is 12.1. The highest BCUT2D eigenvalue weighted by Gasteiger charge is 2.20. The van der Waals surface area contributed by atoms with Crippen LogP contribution in [0.4, 0.5) is 5.95 Å². The summed E-state index contributed by atoms with van der Waals surface area (Å²) in [6, 6.07) is 17.5. The van der Waals surface area contributed by atoms with Gasteiger partial charge in [-0.15, -0.1) is 0 Å². The number of fused-ring (bicyclic) bond motifs is 1. The Morgan fingerprint density at radius 3 is 2.66 bits per heavy atom. The average Bonchev–Trinajstić information content (AvgIpc) is 3.05. The van der Waals surface area contributed by atoms with Crippen molar-refractivity contribution in [2.45, 2.75) is 23.9 Å². The summed E-state index contributed by atoms with van der Waals surface area (Å²) in [6.45, 7) is 2.49. The van der Waals surface area contributed by atoms with Crippen LogP contribution in [0.1, 0.15) is 12.5 Å². The summed E-state index contributed by atoms with van der Waals surface area (Å²) in [7, 11) is 0. The van der Waals surface area contributed by atoms with E-state index < -0.39 is 0 Å². The minimum Gasteiger partial charge on any atom is -0.314 e. The van der Waals surface area contributed by atoms with Gasteiger partial charge in [-0.25, -0.2) is 15.0 Å². The smallest absolute Gasteiger partial charge is 0.240 e. The number of anilines is 1. The Morgan fingerprint density at radius 1 is 1.14 bits per heavy atom. The zero-order chi connectivity index (χ0) is 20.2. The van der Waals surface area contributed by atoms with Gasteiger partial charge in [-0.05, 0) is 36.8 Å². The number of nitrogens with one attached hydrogen (secondary N) is 1. The molecule has 2 aromatic heterocycles. The molecule has 0 radical (unpaired) electrons. The Labute approximate surface area is 177 Å². The molecule has 0 saturated heterocycles. The molecule has 146 valence electrons. The highest BCUT2D eigenvalue weighted by Crippen LogP contribution is 2.30. The van der Waals surface area contributed by atoms with Crippen LogP contribution in [-0.2, 0) is 11.3 Å².